The average molecular weight is 167 g/mol. The van der Waals surface area contributed by atoms with E-state index in [-0.39, 0.29) is 0 Å². The average Bonchev–Trinajstić information content (AvgIpc) is 2.60. The second-order valence-corrected chi connectivity index (χ2v) is 3.22. The number of carbonyl (C=O) groups is 1. The minimum Gasteiger partial charge on any atom is -0.481 e. The highest BCUT2D eigenvalue weighted by molar-refractivity contribution is 5.77. The molecule has 1 aromatic rings. The number of carboxylic acids is 1. The number of rotatable bonds is 3. The van der Waals surface area contributed by atoms with E-state index < -0.39 is 11.4 Å². The lowest BCUT2D eigenvalue weighted by Crippen LogP contribution is -2.20. The van der Waals surface area contributed by atoms with Crippen LogP contribution < -0.4 is 0 Å². The molecule has 1 aromatic heterocycles. The number of nitrogens with zero attached hydrogens (tertiary/aromatic N) is 3. The largest absolute Gasteiger partial charge is 0.481 e. The molecule has 0 spiro atoms. The molecule has 1 aliphatic carbocycles. The topological polar surface area (TPSA) is 68.0 Å². The second kappa shape index (κ2) is 2.30. The predicted molar refractivity (Wildman–Crippen MR) is 39.3 cm³/mol. The van der Waals surface area contributed by atoms with Crippen molar-refractivity contribution in [2.24, 2.45) is 5.41 Å². The third-order valence-corrected chi connectivity index (χ3v) is 2.26. The van der Waals surface area contributed by atoms with Gasteiger partial charge < -0.3 is 9.67 Å². The van der Waals surface area contributed by atoms with Crippen LogP contribution in [0, 0.1) is 5.41 Å². The van der Waals surface area contributed by atoms with Crippen molar-refractivity contribution < 1.29 is 9.90 Å². The summed E-state index contributed by atoms with van der Waals surface area (Å²) in [6.07, 6.45) is 4.62. The highest BCUT2D eigenvalue weighted by Gasteiger charge is 2.50. The van der Waals surface area contributed by atoms with Gasteiger partial charge in [0.15, 0.2) is 0 Å². The third-order valence-electron chi connectivity index (χ3n) is 2.26. The van der Waals surface area contributed by atoms with Gasteiger partial charge in [-0.05, 0) is 12.8 Å². The Morgan fingerprint density at radius 2 is 2.08 bits per heavy atom. The lowest BCUT2D eigenvalue weighted by Gasteiger charge is -2.08. The van der Waals surface area contributed by atoms with Gasteiger partial charge in [0.05, 0.1) is 5.41 Å². The van der Waals surface area contributed by atoms with E-state index in [0.29, 0.717) is 6.54 Å². The van der Waals surface area contributed by atoms with Crippen LogP contribution in [0.1, 0.15) is 12.8 Å². The van der Waals surface area contributed by atoms with Gasteiger partial charge in [0.25, 0.3) is 0 Å². The van der Waals surface area contributed by atoms with Crippen molar-refractivity contribution in [2.75, 3.05) is 0 Å². The SMILES string of the molecule is O=C(O)C1(Cn2cnnc2)CC1. The van der Waals surface area contributed by atoms with Crippen LogP contribution in [0.4, 0.5) is 0 Å². The summed E-state index contributed by atoms with van der Waals surface area (Å²) in [5.41, 5.74) is -0.525. The van der Waals surface area contributed by atoms with Gasteiger partial charge in [0, 0.05) is 6.54 Å². The summed E-state index contributed by atoms with van der Waals surface area (Å²) in [6.45, 7) is 0.495. The van der Waals surface area contributed by atoms with Gasteiger partial charge in [-0.2, -0.15) is 0 Å². The van der Waals surface area contributed by atoms with E-state index in [4.69, 9.17) is 5.11 Å². The maximum atomic E-state index is 10.8. The third kappa shape index (κ3) is 1.07. The number of hydrogen-bond acceptors (Lipinski definition) is 3. The Labute approximate surface area is 69.0 Å². The highest BCUT2D eigenvalue weighted by atomic mass is 16.4. The number of carboxylic acid groups (broad SMARTS) is 1. The summed E-state index contributed by atoms with van der Waals surface area (Å²) in [4.78, 5) is 10.8. The Morgan fingerprint density at radius 1 is 1.50 bits per heavy atom. The standard InChI is InChI=1S/C7H9N3O2/c11-6(12)7(1-2-7)3-10-4-8-9-5-10/h4-5H,1-3H2,(H,11,12). The molecule has 5 heteroatoms. The molecule has 0 aliphatic heterocycles. The Balaban J connectivity index is 2.09. The minimum atomic E-state index is -0.712. The summed E-state index contributed by atoms with van der Waals surface area (Å²) in [5.74, 6) is -0.712. The molecular formula is C7H9N3O2. The molecule has 0 amide bonds. The van der Waals surface area contributed by atoms with Gasteiger partial charge in [-0.25, -0.2) is 0 Å². The zero-order chi connectivity index (χ0) is 8.60. The molecule has 0 unspecified atom stereocenters. The van der Waals surface area contributed by atoms with Gasteiger partial charge in [0.1, 0.15) is 12.7 Å². The van der Waals surface area contributed by atoms with Crippen LogP contribution in [0.3, 0.4) is 0 Å². The molecule has 1 fully saturated rings. The maximum Gasteiger partial charge on any atom is 0.311 e. The lowest BCUT2D eigenvalue weighted by molar-refractivity contribution is -0.143. The first kappa shape index (κ1) is 7.27. The van der Waals surface area contributed by atoms with Crippen LogP contribution in [-0.4, -0.2) is 25.8 Å². The van der Waals surface area contributed by atoms with Gasteiger partial charge >= 0.3 is 5.97 Å². The van der Waals surface area contributed by atoms with E-state index in [9.17, 15) is 4.79 Å². The molecule has 1 aliphatic rings. The number of aliphatic carboxylic acids is 1. The predicted octanol–water partition coefficient (Wildman–Crippen LogP) is 0.143. The van der Waals surface area contributed by atoms with Crippen LogP contribution >= 0.6 is 0 Å². The normalized spacial score (nSPS) is 19.0. The molecule has 0 saturated heterocycles. The first-order valence-corrected chi connectivity index (χ1v) is 3.79. The van der Waals surface area contributed by atoms with Crippen LogP contribution in [0.5, 0.6) is 0 Å². The zero-order valence-electron chi connectivity index (χ0n) is 6.47. The molecule has 12 heavy (non-hydrogen) atoms. The molecule has 1 saturated carbocycles. The molecule has 1 N–H and O–H groups in total. The van der Waals surface area contributed by atoms with Gasteiger partial charge in [-0.15, -0.1) is 10.2 Å². The number of aromatic nitrogens is 3. The quantitative estimate of drug-likeness (QED) is 0.695. The molecule has 0 radical (unpaired) electrons. The van der Waals surface area contributed by atoms with E-state index in [1.54, 1.807) is 17.2 Å². The Kier molecular flexibility index (Phi) is 1.39. The fourth-order valence-corrected chi connectivity index (χ4v) is 1.24. The molecule has 0 aromatic carbocycles. The van der Waals surface area contributed by atoms with Crippen molar-refractivity contribution in [1.29, 1.82) is 0 Å². The monoisotopic (exact) mass is 167 g/mol. The number of hydrogen-bond donors (Lipinski definition) is 1. The smallest absolute Gasteiger partial charge is 0.311 e. The molecule has 5 nitrogen and oxygen atoms in total. The first-order valence-electron chi connectivity index (χ1n) is 3.79. The summed E-state index contributed by atoms with van der Waals surface area (Å²) >= 11 is 0. The van der Waals surface area contributed by atoms with E-state index in [1.807, 2.05) is 0 Å². The minimum absolute atomic E-state index is 0.495. The summed E-state index contributed by atoms with van der Waals surface area (Å²) in [6, 6.07) is 0. The summed E-state index contributed by atoms with van der Waals surface area (Å²) in [7, 11) is 0. The lowest BCUT2D eigenvalue weighted by atomic mass is 10.1. The van der Waals surface area contributed by atoms with Gasteiger partial charge in [-0.3, -0.25) is 4.79 Å². The van der Waals surface area contributed by atoms with Crippen molar-refractivity contribution >= 4 is 5.97 Å². The molecule has 1 heterocycles. The molecule has 0 bridgehead atoms. The summed E-state index contributed by atoms with van der Waals surface area (Å²) < 4.78 is 1.71. The Morgan fingerprint density at radius 3 is 2.50 bits per heavy atom. The fraction of sp³-hybridized carbons (Fsp3) is 0.571. The van der Waals surface area contributed by atoms with Crippen molar-refractivity contribution in [3.63, 3.8) is 0 Å². The van der Waals surface area contributed by atoms with E-state index >= 15 is 0 Å². The van der Waals surface area contributed by atoms with Crippen molar-refractivity contribution in [1.82, 2.24) is 14.8 Å². The summed E-state index contributed by atoms with van der Waals surface area (Å²) in [5, 5.41) is 16.1. The van der Waals surface area contributed by atoms with E-state index in [1.165, 1.54) is 0 Å². The van der Waals surface area contributed by atoms with Crippen LogP contribution in [0.2, 0.25) is 0 Å². The van der Waals surface area contributed by atoms with Crippen LogP contribution in [0.25, 0.3) is 0 Å². The Hall–Kier alpha value is -1.39. The van der Waals surface area contributed by atoms with Crippen molar-refractivity contribution in [2.45, 2.75) is 19.4 Å². The molecule has 0 atom stereocenters. The first-order chi connectivity index (χ1) is 5.73. The highest BCUT2D eigenvalue weighted by Crippen LogP contribution is 2.47. The van der Waals surface area contributed by atoms with Crippen molar-refractivity contribution in [3.05, 3.63) is 12.7 Å². The zero-order valence-corrected chi connectivity index (χ0v) is 6.47. The van der Waals surface area contributed by atoms with E-state index in [2.05, 4.69) is 10.2 Å². The van der Waals surface area contributed by atoms with Gasteiger partial charge in [0.2, 0.25) is 0 Å². The van der Waals surface area contributed by atoms with Crippen molar-refractivity contribution in [3.8, 4) is 0 Å². The maximum absolute atomic E-state index is 10.8. The van der Waals surface area contributed by atoms with Crippen LogP contribution in [0.15, 0.2) is 12.7 Å². The Bertz CT molecular complexity index is 290. The second-order valence-electron chi connectivity index (χ2n) is 3.22. The van der Waals surface area contributed by atoms with Crippen LogP contribution in [-0.2, 0) is 11.3 Å². The van der Waals surface area contributed by atoms with E-state index in [0.717, 1.165) is 12.8 Å². The molecule has 2 rings (SSSR count). The van der Waals surface area contributed by atoms with Gasteiger partial charge in [-0.1, -0.05) is 0 Å². The molecular weight excluding hydrogens is 158 g/mol. The fourth-order valence-electron chi connectivity index (χ4n) is 1.24. The molecule has 64 valence electrons.